The number of aromatic amines is 1. The van der Waals surface area contributed by atoms with Crippen molar-refractivity contribution < 1.29 is 0 Å². The fourth-order valence-electron chi connectivity index (χ4n) is 1.96. The lowest BCUT2D eigenvalue weighted by molar-refractivity contribution is 0.829. The first-order valence-corrected chi connectivity index (χ1v) is 7.02. The summed E-state index contributed by atoms with van der Waals surface area (Å²) in [7, 11) is 0. The Morgan fingerprint density at radius 1 is 1.25 bits per heavy atom. The molecule has 0 saturated carbocycles. The Labute approximate surface area is 118 Å². The predicted octanol–water partition coefficient (Wildman–Crippen LogP) is 0.288. The molecule has 0 spiro atoms. The molecular weight excluding hydrogens is 278 g/mol. The number of nitrogens with one attached hydrogen (secondary N) is 1. The molecule has 0 aliphatic carbocycles. The number of hydrogen-bond acceptors (Lipinski definition) is 8. The third-order valence-corrected chi connectivity index (χ3v) is 3.61. The Balaban J connectivity index is 1.87. The third-order valence-electron chi connectivity index (χ3n) is 2.85. The van der Waals surface area contributed by atoms with Gasteiger partial charge in [0.1, 0.15) is 0 Å². The molecule has 1 aliphatic rings. The first kappa shape index (κ1) is 12.9. The summed E-state index contributed by atoms with van der Waals surface area (Å²) in [5.41, 5.74) is 5.50. The van der Waals surface area contributed by atoms with E-state index >= 15 is 0 Å². The van der Waals surface area contributed by atoms with Crippen molar-refractivity contribution in [3.63, 3.8) is 0 Å². The number of rotatable bonds is 3. The van der Waals surface area contributed by atoms with Crippen LogP contribution in [0.15, 0.2) is 27.4 Å². The molecule has 1 saturated heterocycles. The van der Waals surface area contributed by atoms with Gasteiger partial charge in [0.15, 0.2) is 5.16 Å². The van der Waals surface area contributed by atoms with E-state index in [-0.39, 0.29) is 11.5 Å². The molecule has 1 aliphatic heterocycles. The summed E-state index contributed by atoms with van der Waals surface area (Å²) >= 11 is 1.15. The van der Waals surface area contributed by atoms with E-state index in [1.807, 2.05) is 0 Å². The molecule has 0 aromatic carbocycles. The molecule has 3 rings (SSSR count). The van der Waals surface area contributed by atoms with Crippen molar-refractivity contribution in [2.24, 2.45) is 0 Å². The summed E-state index contributed by atoms with van der Waals surface area (Å²) in [5, 5.41) is 0.851. The monoisotopic (exact) mass is 291 g/mol. The highest BCUT2D eigenvalue weighted by Gasteiger charge is 2.17. The average Bonchev–Trinajstić information content (AvgIpc) is 2.91. The summed E-state index contributed by atoms with van der Waals surface area (Å²) in [6.07, 6.45) is 3.69. The van der Waals surface area contributed by atoms with Crippen molar-refractivity contribution >= 4 is 23.7 Å². The van der Waals surface area contributed by atoms with Gasteiger partial charge in [0, 0.05) is 25.4 Å². The number of H-pyrrole nitrogens is 1. The first-order chi connectivity index (χ1) is 9.70. The molecule has 9 heteroatoms. The molecule has 104 valence electrons. The fraction of sp³-hybridized carbons (Fsp3) is 0.364. The second kappa shape index (κ2) is 5.45. The van der Waals surface area contributed by atoms with Crippen LogP contribution >= 0.6 is 11.8 Å². The maximum absolute atomic E-state index is 11.2. The molecular formula is C11H13N7OS. The Kier molecular flexibility index (Phi) is 3.50. The Morgan fingerprint density at radius 2 is 2.05 bits per heavy atom. The molecule has 0 amide bonds. The highest BCUT2D eigenvalue weighted by Crippen LogP contribution is 2.23. The molecule has 3 heterocycles. The number of hydrogen-bond donors (Lipinski definition) is 2. The molecule has 2 aromatic heterocycles. The maximum Gasteiger partial charge on any atom is 0.251 e. The highest BCUT2D eigenvalue weighted by molar-refractivity contribution is 7.99. The van der Waals surface area contributed by atoms with Crippen LogP contribution in [0.5, 0.6) is 0 Å². The fourth-order valence-corrected chi connectivity index (χ4v) is 2.66. The zero-order valence-electron chi connectivity index (χ0n) is 10.6. The summed E-state index contributed by atoms with van der Waals surface area (Å²) in [5.74, 6) is 0.749. The van der Waals surface area contributed by atoms with Crippen LogP contribution < -0.4 is 16.2 Å². The van der Waals surface area contributed by atoms with Gasteiger partial charge in [-0.25, -0.2) is 4.98 Å². The molecule has 1 fully saturated rings. The minimum atomic E-state index is -0.218. The average molecular weight is 291 g/mol. The summed E-state index contributed by atoms with van der Waals surface area (Å²) < 4.78 is 0. The van der Waals surface area contributed by atoms with Crippen molar-refractivity contribution in [3.05, 3.63) is 22.6 Å². The van der Waals surface area contributed by atoms with Gasteiger partial charge in [-0.2, -0.15) is 15.0 Å². The standard InChI is InChI=1S/C11H13N7OS/c12-8-15-9(18-5-1-2-6-18)17-11(16-8)20-10-13-4-3-7(19)14-10/h3-4H,1-2,5-6H2,(H,13,14,19)(H2,12,15,16,17). The Hall–Kier alpha value is -2.16. The maximum atomic E-state index is 11.2. The van der Waals surface area contributed by atoms with Gasteiger partial charge in [0.05, 0.1) is 0 Å². The van der Waals surface area contributed by atoms with Crippen molar-refractivity contribution in [1.29, 1.82) is 0 Å². The zero-order valence-corrected chi connectivity index (χ0v) is 11.4. The van der Waals surface area contributed by atoms with E-state index in [9.17, 15) is 4.79 Å². The quantitative estimate of drug-likeness (QED) is 0.776. The number of anilines is 2. The summed E-state index contributed by atoms with van der Waals surface area (Å²) in [6.45, 7) is 1.85. The van der Waals surface area contributed by atoms with Crippen LogP contribution in [0.3, 0.4) is 0 Å². The lowest BCUT2D eigenvalue weighted by atomic mass is 10.4. The van der Waals surface area contributed by atoms with Crippen LogP contribution in [-0.4, -0.2) is 38.0 Å². The smallest absolute Gasteiger partial charge is 0.251 e. The van der Waals surface area contributed by atoms with E-state index in [1.165, 1.54) is 12.3 Å². The van der Waals surface area contributed by atoms with Gasteiger partial charge in [0.2, 0.25) is 17.1 Å². The van der Waals surface area contributed by atoms with E-state index in [0.29, 0.717) is 16.3 Å². The van der Waals surface area contributed by atoms with Gasteiger partial charge in [-0.1, -0.05) is 0 Å². The van der Waals surface area contributed by atoms with Crippen LogP contribution in [0.4, 0.5) is 11.9 Å². The Bertz CT molecular complexity index is 668. The minimum absolute atomic E-state index is 0.169. The second-order valence-corrected chi connectivity index (χ2v) is 5.27. The first-order valence-electron chi connectivity index (χ1n) is 6.20. The largest absolute Gasteiger partial charge is 0.368 e. The highest BCUT2D eigenvalue weighted by atomic mass is 32.2. The van der Waals surface area contributed by atoms with Crippen molar-refractivity contribution in [2.45, 2.75) is 23.2 Å². The molecule has 0 bridgehead atoms. The lowest BCUT2D eigenvalue weighted by Crippen LogP contribution is -2.21. The van der Waals surface area contributed by atoms with E-state index in [1.54, 1.807) is 0 Å². The minimum Gasteiger partial charge on any atom is -0.368 e. The SMILES string of the molecule is Nc1nc(Sc2nccc(=O)[nH]2)nc(N2CCCC2)n1. The van der Waals surface area contributed by atoms with E-state index in [4.69, 9.17) is 5.73 Å². The molecule has 0 radical (unpaired) electrons. The van der Waals surface area contributed by atoms with Gasteiger partial charge in [-0.15, -0.1) is 0 Å². The van der Waals surface area contributed by atoms with E-state index in [0.717, 1.165) is 37.7 Å². The molecule has 20 heavy (non-hydrogen) atoms. The van der Waals surface area contributed by atoms with Crippen molar-refractivity contribution in [1.82, 2.24) is 24.9 Å². The number of nitrogen functional groups attached to an aromatic ring is 1. The molecule has 2 aromatic rings. The number of nitrogens with two attached hydrogens (primary N) is 1. The predicted molar refractivity (Wildman–Crippen MR) is 74.7 cm³/mol. The van der Waals surface area contributed by atoms with Gasteiger partial charge in [-0.3, -0.25) is 4.79 Å². The van der Waals surface area contributed by atoms with Crippen LogP contribution in [-0.2, 0) is 0 Å². The van der Waals surface area contributed by atoms with Crippen LogP contribution in [0.1, 0.15) is 12.8 Å². The normalized spacial score (nSPS) is 14.7. The van der Waals surface area contributed by atoms with Gasteiger partial charge in [-0.05, 0) is 24.6 Å². The molecule has 3 N–H and O–H groups in total. The van der Waals surface area contributed by atoms with Gasteiger partial charge >= 0.3 is 0 Å². The molecule has 0 unspecified atom stereocenters. The van der Waals surface area contributed by atoms with E-state index in [2.05, 4.69) is 29.8 Å². The lowest BCUT2D eigenvalue weighted by Gasteiger charge is -2.15. The third kappa shape index (κ3) is 2.87. The van der Waals surface area contributed by atoms with Crippen molar-refractivity contribution in [2.75, 3.05) is 23.7 Å². The Morgan fingerprint density at radius 3 is 2.80 bits per heavy atom. The number of nitrogens with zero attached hydrogens (tertiary/aromatic N) is 5. The van der Waals surface area contributed by atoms with Crippen LogP contribution in [0, 0.1) is 0 Å². The van der Waals surface area contributed by atoms with Crippen molar-refractivity contribution in [3.8, 4) is 0 Å². The van der Waals surface area contributed by atoms with Crippen LogP contribution in [0.2, 0.25) is 0 Å². The molecule has 0 atom stereocenters. The second-order valence-electron chi connectivity index (χ2n) is 4.31. The number of aromatic nitrogens is 5. The van der Waals surface area contributed by atoms with Crippen LogP contribution in [0.25, 0.3) is 0 Å². The van der Waals surface area contributed by atoms with Gasteiger partial charge < -0.3 is 15.6 Å². The van der Waals surface area contributed by atoms with Gasteiger partial charge in [0.25, 0.3) is 5.56 Å². The summed E-state index contributed by atoms with van der Waals surface area (Å²) in [4.78, 5) is 32.5. The topological polar surface area (TPSA) is 114 Å². The van der Waals surface area contributed by atoms with E-state index < -0.39 is 0 Å². The zero-order chi connectivity index (χ0) is 13.9. The summed E-state index contributed by atoms with van der Waals surface area (Å²) in [6, 6.07) is 1.35. The molecule has 8 nitrogen and oxygen atoms in total.